The van der Waals surface area contributed by atoms with Crippen LogP contribution < -0.4 is 15.4 Å². The fourth-order valence-corrected chi connectivity index (χ4v) is 5.19. The molecule has 0 aliphatic carbocycles. The SMILES string of the molecule is O=C(Cc1ccccc1)Nc1cccc(SC(C(=O)Nc2ccc(Oc3ccccc3)cc2)c2ccccc2)c1. The van der Waals surface area contributed by atoms with Crippen LogP contribution in [0.25, 0.3) is 0 Å². The van der Waals surface area contributed by atoms with Gasteiger partial charge >= 0.3 is 0 Å². The lowest BCUT2D eigenvalue weighted by molar-refractivity contribution is -0.116. The number of nitrogens with one attached hydrogen (secondary N) is 2. The maximum absolute atomic E-state index is 13.5. The molecule has 0 fully saturated rings. The van der Waals surface area contributed by atoms with Crippen LogP contribution in [0.1, 0.15) is 16.4 Å². The van der Waals surface area contributed by atoms with E-state index in [4.69, 9.17) is 4.74 Å². The van der Waals surface area contributed by atoms with Crippen molar-refractivity contribution in [3.05, 3.63) is 151 Å². The van der Waals surface area contributed by atoms with Crippen molar-refractivity contribution in [2.75, 3.05) is 10.6 Å². The first-order valence-electron chi connectivity index (χ1n) is 12.9. The van der Waals surface area contributed by atoms with Crippen LogP contribution in [0, 0.1) is 0 Å². The molecule has 0 saturated carbocycles. The monoisotopic (exact) mass is 544 g/mol. The molecule has 5 aromatic carbocycles. The van der Waals surface area contributed by atoms with Crippen molar-refractivity contribution in [2.45, 2.75) is 16.6 Å². The van der Waals surface area contributed by atoms with Crippen LogP contribution in [0.2, 0.25) is 0 Å². The maximum atomic E-state index is 13.5. The zero-order valence-electron chi connectivity index (χ0n) is 21.7. The van der Waals surface area contributed by atoms with Gasteiger partial charge in [0.05, 0.1) is 6.42 Å². The van der Waals surface area contributed by atoms with Gasteiger partial charge in [-0.05, 0) is 65.7 Å². The van der Waals surface area contributed by atoms with Crippen LogP contribution in [0.5, 0.6) is 11.5 Å². The van der Waals surface area contributed by atoms with E-state index < -0.39 is 5.25 Å². The standard InChI is InChI=1S/C34H28N2O3S/c37-32(23-25-11-4-1-5-12-25)35-28-15-10-18-31(24-28)40-33(26-13-6-2-7-14-26)34(38)36-27-19-21-30(22-20-27)39-29-16-8-3-9-17-29/h1-22,24,33H,23H2,(H,35,37)(H,36,38). The lowest BCUT2D eigenvalue weighted by atomic mass is 10.1. The Balaban J connectivity index is 1.27. The second-order valence-electron chi connectivity index (χ2n) is 9.08. The molecule has 0 aliphatic heterocycles. The van der Waals surface area contributed by atoms with Gasteiger partial charge in [-0.25, -0.2) is 0 Å². The molecule has 0 spiro atoms. The topological polar surface area (TPSA) is 67.4 Å². The molecule has 198 valence electrons. The highest BCUT2D eigenvalue weighted by Crippen LogP contribution is 2.37. The smallest absolute Gasteiger partial charge is 0.242 e. The Morgan fingerprint density at radius 1 is 0.625 bits per heavy atom. The van der Waals surface area contributed by atoms with Crippen LogP contribution in [-0.4, -0.2) is 11.8 Å². The largest absolute Gasteiger partial charge is 0.457 e. The maximum Gasteiger partial charge on any atom is 0.242 e. The summed E-state index contributed by atoms with van der Waals surface area (Å²) in [7, 11) is 0. The van der Waals surface area contributed by atoms with Gasteiger partial charge in [-0.1, -0.05) is 84.9 Å². The number of carbonyl (C=O) groups excluding carboxylic acids is 2. The molecule has 6 heteroatoms. The summed E-state index contributed by atoms with van der Waals surface area (Å²) in [6, 6.07) is 43.7. The Labute approximate surface area is 238 Å². The van der Waals surface area contributed by atoms with E-state index in [0.29, 0.717) is 23.5 Å². The minimum atomic E-state index is -0.503. The number of rotatable bonds is 10. The van der Waals surface area contributed by atoms with Crippen LogP contribution in [0.3, 0.4) is 0 Å². The van der Waals surface area contributed by atoms with Crippen LogP contribution >= 0.6 is 11.8 Å². The highest BCUT2D eigenvalue weighted by molar-refractivity contribution is 8.00. The van der Waals surface area contributed by atoms with E-state index in [2.05, 4.69) is 10.6 Å². The number of benzene rings is 5. The first kappa shape index (κ1) is 26.8. The number of amides is 2. The predicted octanol–water partition coefficient (Wildman–Crippen LogP) is 8.13. The summed E-state index contributed by atoms with van der Waals surface area (Å²) in [4.78, 5) is 27.0. The number of carbonyl (C=O) groups is 2. The Kier molecular flexibility index (Phi) is 8.91. The number of thioether (sulfide) groups is 1. The number of hydrogen-bond acceptors (Lipinski definition) is 4. The second kappa shape index (κ2) is 13.3. The van der Waals surface area contributed by atoms with E-state index >= 15 is 0 Å². The molecule has 0 radical (unpaired) electrons. The Morgan fingerprint density at radius 2 is 1.25 bits per heavy atom. The minimum Gasteiger partial charge on any atom is -0.457 e. The molecule has 1 atom stereocenters. The van der Waals surface area contributed by atoms with Crippen molar-refractivity contribution < 1.29 is 14.3 Å². The highest BCUT2D eigenvalue weighted by Gasteiger charge is 2.22. The number of hydrogen-bond donors (Lipinski definition) is 2. The zero-order valence-corrected chi connectivity index (χ0v) is 22.5. The van der Waals surface area contributed by atoms with Crippen molar-refractivity contribution in [1.82, 2.24) is 0 Å². The van der Waals surface area contributed by atoms with Gasteiger partial charge in [0.2, 0.25) is 11.8 Å². The summed E-state index contributed by atoms with van der Waals surface area (Å²) in [5.41, 5.74) is 3.19. The van der Waals surface area contributed by atoms with Gasteiger partial charge in [-0.15, -0.1) is 11.8 Å². The van der Waals surface area contributed by atoms with Gasteiger partial charge in [0, 0.05) is 16.3 Å². The third-order valence-electron chi connectivity index (χ3n) is 6.02. The van der Waals surface area contributed by atoms with Crippen LogP contribution in [-0.2, 0) is 16.0 Å². The summed E-state index contributed by atoms with van der Waals surface area (Å²) in [5, 5.41) is 5.51. The molecular formula is C34H28N2O3S. The van der Waals surface area contributed by atoms with Crippen molar-refractivity contribution in [2.24, 2.45) is 0 Å². The first-order valence-corrected chi connectivity index (χ1v) is 13.8. The van der Waals surface area contributed by atoms with E-state index in [-0.39, 0.29) is 11.8 Å². The second-order valence-corrected chi connectivity index (χ2v) is 10.3. The molecule has 2 N–H and O–H groups in total. The van der Waals surface area contributed by atoms with Crippen LogP contribution in [0.4, 0.5) is 11.4 Å². The Morgan fingerprint density at radius 3 is 1.95 bits per heavy atom. The molecule has 40 heavy (non-hydrogen) atoms. The van der Waals surface area contributed by atoms with Crippen molar-refractivity contribution >= 4 is 35.0 Å². The van der Waals surface area contributed by atoms with E-state index in [1.807, 2.05) is 140 Å². The van der Waals surface area contributed by atoms with E-state index in [9.17, 15) is 9.59 Å². The third-order valence-corrected chi connectivity index (χ3v) is 7.27. The molecule has 0 saturated heterocycles. The van der Waals surface area contributed by atoms with Crippen molar-refractivity contribution in [1.29, 1.82) is 0 Å². The molecule has 5 aromatic rings. The predicted molar refractivity (Wildman–Crippen MR) is 162 cm³/mol. The molecule has 0 heterocycles. The molecular weight excluding hydrogens is 516 g/mol. The molecule has 0 bridgehead atoms. The van der Waals surface area contributed by atoms with E-state index in [1.165, 1.54) is 11.8 Å². The molecule has 2 amide bonds. The Hall–Kier alpha value is -4.81. The number of ether oxygens (including phenoxy) is 1. The zero-order chi connectivity index (χ0) is 27.6. The number of anilines is 2. The Bertz CT molecular complexity index is 1540. The van der Waals surface area contributed by atoms with Gasteiger partial charge in [-0.2, -0.15) is 0 Å². The van der Waals surface area contributed by atoms with Crippen molar-refractivity contribution in [3.63, 3.8) is 0 Å². The quantitative estimate of drug-likeness (QED) is 0.174. The summed E-state index contributed by atoms with van der Waals surface area (Å²) < 4.78 is 5.86. The molecule has 1 unspecified atom stereocenters. The summed E-state index contributed by atoms with van der Waals surface area (Å²) >= 11 is 1.43. The van der Waals surface area contributed by atoms with E-state index in [0.717, 1.165) is 21.8 Å². The third kappa shape index (κ3) is 7.62. The fraction of sp³-hybridized carbons (Fsp3) is 0.0588. The summed E-state index contributed by atoms with van der Waals surface area (Å²) in [6.07, 6.45) is 0.294. The van der Waals surface area contributed by atoms with Crippen molar-refractivity contribution in [3.8, 4) is 11.5 Å². The lowest BCUT2D eigenvalue weighted by Gasteiger charge is -2.18. The fourth-order valence-electron chi connectivity index (χ4n) is 4.11. The summed E-state index contributed by atoms with van der Waals surface area (Å²) in [6.45, 7) is 0. The van der Waals surface area contributed by atoms with Gasteiger partial charge in [0.25, 0.3) is 0 Å². The average Bonchev–Trinajstić information content (AvgIpc) is 2.98. The normalized spacial score (nSPS) is 11.3. The molecule has 0 aromatic heterocycles. The molecule has 5 nitrogen and oxygen atoms in total. The van der Waals surface area contributed by atoms with Gasteiger partial charge in [0.15, 0.2) is 0 Å². The summed E-state index contributed by atoms with van der Waals surface area (Å²) in [5.74, 6) is 1.19. The highest BCUT2D eigenvalue weighted by atomic mass is 32.2. The van der Waals surface area contributed by atoms with Crippen LogP contribution in [0.15, 0.2) is 144 Å². The van der Waals surface area contributed by atoms with E-state index in [1.54, 1.807) is 0 Å². The molecule has 0 aliphatic rings. The lowest BCUT2D eigenvalue weighted by Crippen LogP contribution is -2.19. The molecule has 5 rings (SSSR count). The number of para-hydroxylation sites is 1. The minimum absolute atomic E-state index is 0.0922. The van der Waals surface area contributed by atoms with Gasteiger partial charge in [-0.3, -0.25) is 9.59 Å². The first-order chi connectivity index (χ1) is 19.6. The van der Waals surface area contributed by atoms with Gasteiger partial charge in [0.1, 0.15) is 16.7 Å². The average molecular weight is 545 g/mol. The van der Waals surface area contributed by atoms with Gasteiger partial charge < -0.3 is 15.4 Å².